The molecule has 2 aromatic carbocycles. The van der Waals surface area contributed by atoms with Crippen LogP contribution in [0.15, 0.2) is 42.5 Å². The van der Waals surface area contributed by atoms with Crippen molar-refractivity contribution >= 4 is 22.6 Å². The third-order valence-electron chi connectivity index (χ3n) is 3.20. The Kier molecular flexibility index (Phi) is 6.77. The van der Waals surface area contributed by atoms with Crippen molar-refractivity contribution in [3.8, 4) is 11.5 Å². The lowest BCUT2D eigenvalue weighted by atomic mass is 10.1. The molecule has 0 aliphatic heterocycles. The molecule has 24 heavy (non-hydrogen) atoms. The van der Waals surface area contributed by atoms with Crippen molar-refractivity contribution < 1.29 is 22.6 Å². The summed E-state index contributed by atoms with van der Waals surface area (Å²) in [6.07, 6.45) is -4.50. The largest absolute Gasteiger partial charge is 0.492 e. The smallest absolute Gasteiger partial charge is 0.393 e. The molecule has 0 N–H and O–H groups in total. The molecule has 0 saturated heterocycles. The normalized spacial score (nSPS) is 11.4. The van der Waals surface area contributed by atoms with Crippen LogP contribution in [-0.4, -0.2) is 12.8 Å². The molecule has 0 aliphatic rings. The Balaban J connectivity index is 2.25. The van der Waals surface area contributed by atoms with E-state index in [0.717, 1.165) is 12.0 Å². The lowest BCUT2D eigenvalue weighted by Gasteiger charge is -2.16. The van der Waals surface area contributed by atoms with E-state index in [4.69, 9.17) is 9.47 Å². The van der Waals surface area contributed by atoms with Crippen LogP contribution in [0.5, 0.6) is 11.5 Å². The van der Waals surface area contributed by atoms with E-state index in [2.05, 4.69) is 0 Å². The number of alkyl halides is 3. The van der Waals surface area contributed by atoms with Gasteiger partial charge in [-0.2, -0.15) is 13.2 Å². The molecule has 0 amide bonds. The average molecular weight is 450 g/mol. The summed E-state index contributed by atoms with van der Waals surface area (Å²) >= 11 is 1.99. The Hall–Kier alpha value is -1.44. The summed E-state index contributed by atoms with van der Waals surface area (Å²) in [7, 11) is 0. The molecular weight excluding hydrogens is 432 g/mol. The summed E-state index contributed by atoms with van der Waals surface area (Å²) in [6.45, 7) is 2.68. The highest BCUT2D eigenvalue weighted by Crippen LogP contribution is 2.34. The molecule has 0 aromatic heterocycles. The van der Waals surface area contributed by atoms with E-state index in [1.165, 1.54) is 6.07 Å². The van der Waals surface area contributed by atoms with Crippen LogP contribution in [0.1, 0.15) is 24.5 Å². The monoisotopic (exact) mass is 450 g/mol. The molecule has 0 radical (unpaired) electrons. The van der Waals surface area contributed by atoms with Gasteiger partial charge in [0.05, 0.1) is 16.6 Å². The Bertz CT molecular complexity index is 657. The summed E-state index contributed by atoms with van der Waals surface area (Å²) < 4.78 is 50.4. The molecule has 6 heteroatoms. The van der Waals surface area contributed by atoms with Crippen LogP contribution in [0.3, 0.4) is 0 Å². The van der Waals surface area contributed by atoms with Crippen LogP contribution in [0.25, 0.3) is 0 Å². The van der Waals surface area contributed by atoms with Gasteiger partial charge in [-0.05, 0) is 40.6 Å². The van der Waals surface area contributed by atoms with Gasteiger partial charge in [0.2, 0.25) is 0 Å². The van der Waals surface area contributed by atoms with Gasteiger partial charge in [-0.25, -0.2) is 0 Å². The van der Waals surface area contributed by atoms with Gasteiger partial charge < -0.3 is 9.47 Å². The summed E-state index contributed by atoms with van der Waals surface area (Å²) in [6, 6.07) is 12.4. The highest BCUT2D eigenvalue weighted by atomic mass is 127. The van der Waals surface area contributed by atoms with Crippen molar-refractivity contribution in [1.29, 1.82) is 0 Å². The van der Waals surface area contributed by atoms with Gasteiger partial charge in [-0.3, -0.25) is 0 Å². The molecular formula is C18H18F3IO2. The first-order chi connectivity index (χ1) is 11.4. The number of hydrogen-bond acceptors (Lipinski definition) is 2. The number of ether oxygens (including phenoxy) is 2. The zero-order chi connectivity index (χ0) is 17.6. The molecule has 0 unspecified atom stereocenters. The van der Waals surface area contributed by atoms with Crippen molar-refractivity contribution in [1.82, 2.24) is 0 Å². The molecule has 0 aliphatic carbocycles. The lowest BCUT2D eigenvalue weighted by molar-refractivity contribution is -0.127. The van der Waals surface area contributed by atoms with Crippen LogP contribution in [0, 0.1) is 3.57 Å². The van der Waals surface area contributed by atoms with Gasteiger partial charge in [0, 0.05) is 11.6 Å². The second-order valence-electron chi connectivity index (χ2n) is 5.31. The average Bonchev–Trinajstić information content (AvgIpc) is 2.52. The third kappa shape index (κ3) is 5.89. The molecule has 0 atom stereocenters. The molecule has 0 saturated carbocycles. The van der Waals surface area contributed by atoms with E-state index in [9.17, 15) is 13.2 Å². The fourth-order valence-electron chi connectivity index (χ4n) is 2.12. The van der Waals surface area contributed by atoms with E-state index >= 15 is 0 Å². The Morgan fingerprint density at radius 1 is 1.00 bits per heavy atom. The van der Waals surface area contributed by atoms with Crippen molar-refractivity contribution in [2.75, 3.05) is 6.61 Å². The van der Waals surface area contributed by atoms with E-state index in [0.29, 0.717) is 15.9 Å². The fraction of sp³-hybridized carbons (Fsp3) is 0.333. The maximum Gasteiger partial charge on any atom is 0.393 e. The standard InChI is InChI=1S/C18H18F3IO2/c1-2-8-23-17-10-16(24-12-13-6-4-3-5-7-13)14(9-15(17)22)11-18(19,20)21/h3-7,9-10H,2,8,11-12H2,1H3. The van der Waals surface area contributed by atoms with Gasteiger partial charge in [-0.1, -0.05) is 37.3 Å². The second kappa shape index (κ2) is 8.60. The predicted octanol–water partition coefficient (Wildman–Crippen LogP) is 5.76. The Morgan fingerprint density at radius 2 is 1.71 bits per heavy atom. The van der Waals surface area contributed by atoms with Crippen molar-refractivity contribution in [2.24, 2.45) is 0 Å². The molecule has 0 fully saturated rings. The highest BCUT2D eigenvalue weighted by Gasteiger charge is 2.30. The number of rotatable bonds is 7. The summed E-state index contributed by atoms with van der Waals surface area (Å²) in [5.74, 6) is 0.758. The summed E-state index contributed by atoms with van der Waals surface area (Å²) in [5.41, 5.74) is 1.01. The van der Waals surface area contributed by atoms with Crippen molar-refractivity contribution in [3.63, 3.8) is 0 Å². The Morgan fingerprint density at radius 3 is 2.33 bits per heavy atom. The van der Waals surface area contributed by atoms with Gasteiger partial charge in [0.15, 0.2) is 0 Å². The van der Waals surface area contributed by atoms with Crippen LogP contribution in [0.4, 0.5) is 13.2 Å². The van der Waals surface area contributed by atoms with Crippen LogP contribution >= 0.6 is 22.6 Å². The van der Waals surface area contributed by atoms with E-state index in [-0.39, 0.29) is 17.9 Å². The SMILES string of the molecule is CCCOc1cc(OCc2ccccc2)c(CC(F)(F)F)cc1I. The Labute approximate surface area is 153 Å². The number of benzene rings is 2. The molecule has 0 heterocycles. The molecule has 2 rings (SSSR count). The minimum Gasteiger partial charge on any atom is -0.492 e. The van der Waals surface area contributed by atoms with Crippen LogP contribution in [-0.2, 0) is 13.0 Å². The van der Waals surface area contributed by atoms with Gasteiger partial charge in [0.1, 0.15) is 18.1 Å². The zero-order valence-corrected chi connectivity index (χ0v) is 15.4. The minimum absolute atomic E-state index is 0.117. The quantitative estimate of drug-likeness (QED) is 0.500. The molecule has 2 aromatic rings. The highest BCUT2D eigenvalue weighted by molar-refractivity contribution is 14.1. The first kappa shape index (κ1) is 18.9. The van der Waals surface area contributed by atoms with Crippen LogP contribution in [0.2, 0.25) is 0 Å². The first-order valence-electron chi connectivity index (χ1n) is 7.57. The van der Waals surface area contributed by atoms with E-state index < -0.39 is 12.6 Å². The molecule has 0 spiro atoms. The number of hydrogen-bond donors (Lipinski definition) is 0. The van der Waals surface area contributed by atoms with Crippen molar-refractivity contribution in [3.05, 3.63) is 57.2 Å². The maximum absolute atomic E-state index is 12.8. The minimum atomic E-state index is -4.29. The van der Waals surface area contributed by atoms with Gasteiger partial charge in [0.25, 0.3) is 0 Å². The second-order valence-corrected chi connectivity index (χ2v) is 6.47. The predicted molar refractivity (Wildman–Crippen MR) is 95.5 cm³/mol. The maximum atomic E-state index is 12.8. The topological polar surface area (TPSA) is 18.5 Å². The van der Waals surface area contributed by atoms with Gasteiger partial charge >= 0.3 is 6.18 Å². The molecule has 2 nitrogen and oxygen atoms in total. The summed E-state index contributed by atoms with van der Waals surface area (Å²) in [4.78, 5) is 0. The molecule has 130 valence electrons. The van der Waals surface area contributed by atoms with Crippen molar-refractivity contribution in [2.45, 2.75) is 32.5 Å². The summed E-state index contributed by atoms with van der Waals surface area (Å²) in [5, 5.41) is 0. The van der Waals surface area contributed by atoms with E-state index in [1.54, 1.807) is 6.07 Å². The van der Waals surface area contributed by atoms with E-state index in [1.807, 2.05) is 59.8 Å². The molecule has 0 bridgehead atoms. The fourth-order valence-corrected chi connectivity index (χ4v) is 2.81. The van der Waals surface area contributed by atoms with Gasteiger partial charge in [-0.15, -0.1) is 0 Å². The number of halogens is 4. The zero-order valence-electron chi connectivity index (χ0n) is 13.2. The third-order valence-corrected chi connectivity index (χ3v) is 4.05. The lowest BCUT2D eigenvalue weighted by Crippen LogP contribution is -2.13. The van der Waals surface area contributed by atoms with Crippen LogP contribution < -0.4 is 9.47 Å². The first-order valence-corrected chi connectivity index (χ1v) is 8.65.